The first kappa shape index (κ1) is 14.1. The number of nitrogens with one attached hydrogen (secondary N) is 1. The van der Waals surface area contributed by atoms with Crippen LogP contribution in [0.4, 0.5) is 32.2 Å². The summed E-state index contributed by atoms with van der Waals surface area (Å²) in [7, 11) is 0. The number of halogens is 5. The number of nitrogen functional groups attached to an aromatic ring is 1. The first-order valence-corrected chi connectivity index (χ1v) is 5.56. The summed E-state index contributed by atoms with van der Waals surface area (Å²) in [5, 5.41) is 8.12. The van der Waals surface area contributed by atoms with Crippen molar-refractivity contribution in [3.05, 3.63) is 34.6 Å². The predicted octanol–water partition coefficient (Wildman–Crippen LogP) is 2.07. The molecule has 20 heavy (non-hydrogen) atoms. The van der Waals surface area contributed by atoms with Gasteiger partial charge in [0, 0.05) is 0 Å². The monoisotopic (exact) mass is 310 g/mol. The summed E-state index contributed by atoms with van der Waals surface area (Å²) in [6, 6.07) is 0. The summed E-state index contributed by atoms with van der Waals surface area (Å²) >= 11 is 0.651. The number of nitrogens with zero attached hydrogens (tertiary/aromatic N) is 2. The standard InChI is InChI=1S/C9H3F5N4OS/c10-2-1(3(11)5(13)6(14)4(2)12)7(19)16-9-18-17-8(15)20-9/h(H2,15,17)(H,16,18,19). The lowest BCUT2D eigenvalue weighted by Gasteiger charge is -2.07. The number of nitrogens with two attached hydrogens (primary N) is 1. The van der Waals surface area contributed by atoms with Crippen LogP contribution in [0, 0.1) is 29.1 Å². The van der Waals surface area contributed by atoms with Crippen molar-refractivity contribution in [1.29, 1.82) is 0 Å². The van der Waals surface area contributed by atoms with E-state index in [9.17, 15) is 26.7 Å². The van der Waals surface area contributed by atoms with Crippen LogP contribution >= 0.6 is 11.3 Å². The average molecular weight is 310 g/mol. The van der Waals surface area contributed by atoms with Gasteiger partial charge in [-0.2, -0.15) is 0 Å². The molecule has 0 atom stereocenters. The minimum atomic E-state index is -2.35. The summed E-state index contributed by atoms with van der Waals surface area (Å²) < 4.78 is 65.3. The van der Waals surface area contributed by atoms with Crippen LogP contribution < -0.4 is 11.1 Å². The zero-order valence-electron chi connectivity index (χ0n) is 9.18. The average Bonchev–Trinajstić information content (AvgIpc) is 2.79. The van der Waals surface area contributed by atoms with Crippen molar-refractivity contribution in [3.63, 3.8) is 0 Å². The van der Waals surface area contributed by atoms with Crippen molar-refractivity contribution in [1.82, 2.24) is 10.2 Å². The van der Waals surface area contributed by atoms with Crippen LogP contribution in [0.25, 0.3) is 0 Å². The number of carbonyl (C=O) groups is 1. The van der Waals surface area contributed by atoms with E-state index >= 15 is 0 Å². The molecule has 0 aliphatic heterocycles. The molecule has 2 rings (SSSR count). The van der Waals surface area contributed by atoms with E-state index in [0.29, 0.717) is 11.3 Å². The van der Waals surface area contributed by atoms with E-state index in [0.717, 1.165) is 0 Å². The molecular weight excluding hydrogens is 307 g/mol. The van der Waals surface area contributed by atoms with Crippen LogP contribution in [0.2, 0.25) is 0 Å². The van der Waals surface area contributed by atoms with Gasteiger partial charge < -0.3 is 5.73 Å². The number of rotatable bonds is 2. The number of hydrogen-bond acceptors (Lipinski definition) is 5. The maximum atomic E-state index is 13.3. The lowest BCUT2D eigenvalue weighted by atomic mass is 10.1. The van der Waals surface area contributed by atoms with Gasteiger partial charge in [0.15, 0.2) is 23.3 Å². The fourth-order valence-electron chi connectivity index (χ4n) is 1.25. The van der Waals surface area contributed by atoms with Gasteiger partial charge in [-0.3, -0.25) is 10.1 Å². The first-order chi connectivity index (χ1) is 9.32. The Kier molecular flexibility index (Phi) is 3.53. The Hall–Kier alpha value is -2.30. The molecule has 2 aromatic rings. The minimum absolute atomic E-state index is 0.0577. The second-order valence-electron chi connectivity index (χ2n) is 3.34. The van der Waals surface area contributed by atoms with Crippen molar-refractivity contribution >= 4 is 27.5 Å². The highest BCUT2D eigenvalue weighted by molar-refractivity contribution is 7.19. The van der Waals surface area contributed by atoms with E-state index in [-0.39, 0.29) is 10.3 Å². The third kappa shape index (κ3) is 2.27. The highest BCUT2D eigenvalue weighted by Crippen LogP contribution is 2.24. The van der Waals surface area contributed by atoms with Crippen LogP contribution in [0.15, 0.2) is 0 Å². The van der Waals surface area contributed by atoms with Crippen molar-refractivity contribution in [2.75, 3.05) is 11.1 Å². The largest absolute Gasteiger partial charge is 0.374 e. The maximum absolute atomic E-state index is 13.3. The highest BCUT2D eigenvalue weighted by atomic mass is 32.1. The van der Waals surface area contributed by atoms with Crippen molar-refractivity contribution in [2.24, 2.45) is 0 Å². The van der Waals surface area contributed by atoms with E-state index in [1.54, 1.807) is 0 Å². The van der Waals surface area contributed by atoms with Crippen molar-refractivity contribution in [3.8, 4) is 0 Å². The molecule has 3 N–H and O–H groups in total. The summed E-state index contributed by atoms with van der Waals surface area (Å²) in [5.41, 5.74) is 3.58. The molecule has 106 valence electrons. The zero-order valence-corrected chi connectivity index (χ0v) is 9.99. The maximum Gasteiger partial charge on any atom is 0.263 e. The Morgan fingerprint density at radius 2 is 1.45 bits per heavy atom. The number of hydrogen-bond donors (Lipinski definition) is 2. The van der Waals surface area contributed by atoms with E-state index in [1.807, 2.05) is 5.32 Å². The van der Waals surface area contributed by atoms with Gasteiger partial charge in [-0.25, -0.2) is 22.0 Å². The Morgan fingerprint density at radius 1 is 0.950 bits per heavy atom. The summed E-state index contributed by atoms with van der Waals surface area (Å²) in [5.74, 6) is -12.8. The summed E-state index contributed by atoms with van der Waals surface area (Å²) in [6.45, 7) is 0. The number of anilines is 2. The van der Waals surface area contributed by atoms with Crippen molar-refractivity contribution in [2.45, 2.75) is 0 Å². The molecule has 0 bridgehead atoms. The lowest BCUT2D eigenvalue weighted by Crippen LogP contribution is -2.19. The normalized spacial score (nSPS) is 10.7. The predicted molar refractivity (Wildman–Crippen MR) is 58.5 cm³/mol. The molecule has 11 heteroatoms. The van der Waals surface area contributed by atoms with Gasteiger partial charge in [0.25, 0.3) is 5.91 Å². The van der Waals surface area contributed by atoms with Gasteiger partial charge >= 0.3 is 0 Å². The van der Waals surface area contributed by atoms with Crippen molar-refractivity contribution < 1.29 is 26.7 Å². The third-order valence-corrected chi connectivity index (χ3v) is 2.77. The minimum Gasteiger partial charge on any atom is -0.374 e. The summed E-state index contributed by atoms with van der Waals surface area (Å²) in [6.07, 6.45) is 0. The molecule has 0 aliphatic carbocycles. The highest BCUT2D eigenvalue weighted by Gasteiger charge is 2.30. The molecule has 0 unspecified atom stereocenters. The van der Waals surface area contributed by atoms with Crippen LogP contribution in [0.3, 0.4) is 0 Å². The molecule has 0 saturated heterocycles. The Labute approximate surface area is 111 Å². The third-order valence-electron chi connectivity index (χ3n) is 2.10. The summed E-state index contributed by atoms with van der Waals surface area (Å²) in [4.78, 5) is 11.5. The quantitative estimate of drug-likeness (QED) is 0.505. The molecular formula is C9H3F5N4OS. The van der Waals surface area contributed by atoms with Gasteiger partial charge in [0.2, 0.25) is 16.1 Å². The van der Waals surface area contributed by atoms with Gasteiger partial charge in [-0.15, -0.1) is 10.2 Å². The van der Waals surface area contributed by atoms with E-state index in [2.05, 4.69) is 10.2 Å². The van der Waals surface area contributed by atoms with Gasteiger partial charge in [0.05, 0.1) is 0 Å². The second kappa shape index (κ2) is 5.00. The molecule has 1 heterocycles. The Balaban J connectivity index is 2.45. The van der Waals surface area contributed by atoms with Crippen LogP contribution in [-0.4, -0.2) is 16.1 Å². The molecule has 5 nitrogen and oxygen atoms in total. The van der Waals surface area contributed by atoms with Crippen LogP contribution in [-0.2, 0) is 0 Å². The fourth-order valence-corrected chi connectivity index (χ4v) is 1.75. The zero-order chi connectivity index (χ0) is 15.0. The topological polar surface area (TPSA) is 80.9 Å². The van der Waals surface area contributed by atoms with E-state index < -0.39 is 40.6 Å². The van der Waals surface area contributed by atoms with Gasteiger partial charge in [-0.1, -0.05) is 11.3 Å². The lowest BCUT2D eigenvalue weighted by molar-refractivity contribution is 0.101. The second-order valence-corrected chi connectivity index (χ2v) is 4.35. The molecule has 0 spiro atoms. The number of benzene rings is 1. The molecule has 0 fully saturated rings. The van der Waals surface area contributed by atoms with Gasteiger partial charge in [-0.05, 0) is 0 Å². The number of aromatic nitrogens is 2. The van der Waals surface area contributed by atoms with E-state index in [4.69, 9.17) is 5.73 Å². The first-order valence-electron chi connectivity index (χ1n) is 4.74. The molecule has 1 aromatic heterocycles. The number of amides is 1. The molecule has 1 amide bonds. The molecule has 0 saturated carbocycles. The van der Waals surface area contributed by atoms with E-state index in [1.165, 1.54) is 0 Å². The Bertz CT molecular complexity index is 675. The molecule has 1 aromatic carbocycles. The molecule has 0 aliphatic rings. The Morgan fingerprint density at radius 3 is 1.90 bits per heavy atom. The van der Waals surface area contributed by atoms with Gasteiger partial charge in [0.1, 0.15) is 5.56 Å². The van der Waals surface area contributed by atoms with Crippen LogP contribution in [0.1, 0.15) is 10.4 Å². The smallest absolute Gasteiger partial charge is 0.263 e. The van der Waals surface area contributed by atoms with Crippen LogP contribution in [0.5, 0.6) is 0 Å². The SMILES string of the molecule is Nc1nnc(NC(=O)c2c(F)c(F)c(F)c(F)c2F)s1. The molecule has 0 radical (unpaired) electrons. The number of carbonyl (C=O) groups excluding carboxylic acids is 1. The fraction of sp³-hybridized carbons (Fsp3) is 0.